The number of ether oxygens (including phenoxy) is 1. The van der Waals surface area contributed by atoms with E-state index in [-0.39, 0.29) is 23.5 Å². The molecular formula is C12H15N3O3S. The Hall–Kier alpha value is -1.63. The summed E-state index contributed by atoms with van der Waals surface area (Å²) in [6.45, 7) is 2.14. The number of thioether (sulfide) groups is 1. The van der Waals surface area contributed by atoms with Crippen molar-refractivity contribution in [3.63, 3.8) is 0 Å². The summed E-state index contributed by atoms with van der Waals surface area (Å²) >= 11 is 1.25. The van der Waals surface area contributed by atoms with Gasteiger partial charge in [-0.2, -0.15) is 0 Å². The Bertz CT molecular complexity index is 460. The monoisotopic (exact) mass is 281 g/mol. The molecule has 0 radical (unpaired) electrons. The third-order valence-electron chi connectivity index (χ3n) is 2.48. The van der Waals surface area contributed by atoms with Crippen molar-refractivity contribution in [1.82, 2.24) is 10.2 Å². The molecule has 2 rings (SSSR count). The summed E-state index contributed by atoms with van der Waals surface area (Å²) in [5.41, 5.74) is 0. The third kappa shape index (κ3) is 4.51. The van der Waals surface area contributed by atoms with Gasteiger partial charge in [0.2, 0.25) is 5.91 Å². The highest BCUT2D eigenvalue weighted by Crippen LogP contribution is 2.29. The molecule has 0 unspecified atom stereocenters. The number of aromatic nitrogens is 2. The molecule has 7 heteroatoms. The average Bonchev–Trinajstić information content (AvgIpc) is 3.22. The average molecular weight is 281 g/mol. The van der Waals surface area contributed by atoms with Crippen molar-refractivity contribution in [3.8, 4) is 0 Å². The number of hydrogen-bond donors (Lipinski definition) is 1. The van der Waals surface area contributed by atoms with Crippen LogP contribution in [0.2, 0.25) is 0 Å². The quantitative estimate of drug-likeness (QED) is 0.628. The van der Waals surface area contributed by atoms with Crippen LogP contribution in [0.3, 0.4) is 0 Å². The molecule has 102 valence electrons. The van der Waals surface area contributed by atoms with Gasteiger partial charge in [0.25, 0.3) is 0 Å². The molecule has 6 nitrogen and oxygen atoms in total. The van der Waals surface area contributed by atoms with E-state index in [2.05, 4.69) is 15.5 Å². The maximum absolute atomic E-state index is 11.5. The lowest BCUT2D eigenvalue weighted by Gasteiger charge is -2.03. The van der Waals surface area contributed by atoms with Crippen LogP contribution in [-0.4, -0.2) is 34.4 Å². The van der Waals surface area contributed by atoms with Crippen molar-refractivity contribution < 1.29 is 14.3 Å². The first kappa shape index (κ1) is 13.8. The minimum Gasteiger partial charge on any atom is -0.465 e. The fourth-order valence-corrected chi connectivity index (χ4v) is 1.98. The van der Waals surface area contributed by atoms with Crippen LogP contribution in [0.25, 0.3) is 0 Å². The molecule has 19 heavy (non-hydrogen) atoms. The van der Waals surface area contributed by atoms with Crippen molar-refractivity contribution >= 4 is 29.5 Å². The number of amides is 1. The molecule has 1 aliphatic rings. The van der Waals surface area contributed by atoms with Crippen LogP contribution >= 0.6 is 11.8 Å². The van der Waals surface area contributed by atoms with Crippen molar-refractivity contribution in [1.29, 1.82) is 0 Å². The fraction of sp³-hybridized carbons (Fsp3) is 0.500. The van der Waals surface area contributed by atoms with Gasteiger partial charge < -0.3 is 10.1 Å². The maximum atomic E-state index is 11.5. The van der Waals surface area contributed by atoms with Gasteiger partial charge in [-0.1, -0.05) is 11.8 Å². The lowest BCUT2D eigenvalue weighted by atomic mass is 10.4. The van der Waals surface area contributed by atoms with E-state index in [9.17, 15) is 9.59 Å². The molecule has 0 bridgehead atoms. The number of anilines is 1. The van der Waals surface area contributed by atoms with E-state index in [1.54, 1.807) is 19.1 Å². The summed E-state index contributed by atoms with van der Waals surface area (Å²) in [5, 5.41) is 11.2. The molecule has 1 saturated carbocycles. The Morgan fingerprint density at radius 1 is 1.42 bits per heavy atom. The first-order chi connectivity index (χ1) is 9.19. The minimum absolute atomic E-state index is 0.00114. The van der Waals surface area contributed by atoms with Crippen LogP contribution in [0.1, 0.15) is 19.8 Å². The number of carbonyl (C=O) groups is 2. The number of nitrogens with zero attached hydrogens (tertiary/aromatic N) is 2. The first-order valence-electron chi connectivity index (χ1n) is 6.12. The normalized spacial score (nSPS) is 13.9. The number of nitrogens with one attached hydrogen (secondary N) is 1. The van der Waals surface area contributed by atoms with E-state index >= 15 is 0 Å². The van der Waals surface area contributed by atoms with Gasteiger partial charge in [-0.3, -0.25) is 9.59 Å². The summed E-state index contributed by atoms with van der Waals surface area (Å²) in [7, 11) is 0. The van der Waals surface area contributed by atoms with Crippen LogP contribution in [-0.2, 0) is 14.3 Å². The van der Waals surface area contributed by atoms with Crippen molar-refractivity contribution in [2.45, 2.75) is 24.8 Å². The van der Waals surface area contributed by atoms with Gasteiger partial charge in [-0.05, 0) is 31.9 Å². The van der Waals surface area contributed by atoms with Gasteiger partial charge >= 0.3 is 5.97 Å². The molecule has 1 aromatic rings. The Kier molecular flexibility index (Phi) is 4.73. The highest BCUT2D eigenvalue weighted by Gasteiger charge is 2.29. The zero-order valence-electron chi connectivity index (χ0n) is 10.6. The van der Waals surface area contributed by atoms with E-state index in [4.69, 9.17) is 4.74 Å². The number of rotatable bonds is 6. The number of carbonyl (C=O) groups excluding carboxylic acids is 2. The van der Waals surface area contributed by atoms with E-state index in [1.807, 2.05) is 0 Å². The summed E-state index contributed by atoms with van der Waals surface area (Å²) < 4.78 is 4.81. The molecule has 1 aromatic heterocycles. The van der Waals surface area contributed by atoms with Gasteiger partial charge in [0.1, 0.15) is 5.03 Å². The van der Waals surface area contributed by atoms with E-state index < -0.39 is 0 Å². The first-order valence-corrected chi connectivity index (χ1v) is 7.10. The second kappa shape index (κ2) is 6.51. The topological polar surface area (TPSA) is 81.2 Å². The Balaban J connectivity index is 1.80. The smallest absolute Gasteiger partial charge is 0.316 e. The van der Waals surface area contributed by atoms with Gasteiger partial charge in [0, 0.05) is 5.92 Å². The van der Waals surface area contributed by atoms with Gasteiger partial charge in [-0.25, -0.2) is 0 Å². The summed E-state index contributed by atoms with van der Waals surface area (Å²) in [5.74, 6) is 0.509. The molecule has 1 aliphatic carbocycles. The lowest BCUT2D eigenvalue weighted by Crippen LogP contribution is -2.14. The summed E-state index contributed by atoms with van der Waals surface area (Å²) in [4.78, 5) is 22.7. The molecule has 0 aromatic carbocycles. The predicted molar refractivity (Wildman–Crippen MR) is 70.7 cm³/mol. The van der Waals surface area contributed by atoms with Gasteiger partial charge in [0.15, 0.2) is 5.82 Å². The SMILES string of the molecule is CCOC(=O)CSc1ccc(NC(=O)C2CC2)nn1. The van der Waals surface area contributed by atoms with Crippen LogP contribution in [0.5, 0.6) is 0 Å². The second-order valence-electron chi connectivity index (χ2n) is 4.11. The fourth-order valence-electron chi connectivity index (χ4n) is 1.37. The highest BCUT2D eigenvalue weighted by atomic mass is 32.2. The molecule has 1 fully saturated rings. The van der Waals surface area contributed by atoms with Gasteiger partial charge in [-0.15, -0.1) is 10.2 Å². The zero-order chi connectivity index (χ0) is 13.7. The summed E-state index contributed by atoms with van der Waals surface area (Å²) in [6.07, 6.45) is 1.90. The predicted octanol–water partition coefficient (Wildman–Crippen LogP) is 1.48. The third-order valence-corrected chi connectivity index (χ3v) is 3.38. The molecule has 0 atom stereocenters. The summed E-state index contributed by atoms with van der Waals surface area (Å²) in [6, 6.07) is 3.40. The molecule has 0 saturated heterocycles. The van der Waals surface area contributed by atoms with E-state index in [0.717, 1.165) is 12.8 Å². The van der Waals surface area contributed by atoms with E-state index in [1.165, 1.54) is 11.8 Å². The van der Waals surface area contributed by atoms with E-state index in [0.29, 0.717) is 17.5 Å². The molecule has 1 N–H and O–H groups in total. The van der Waals surface area contributed by atoms with Crippen LogP contribution < -0.4 is 5.32 Å². The Labute approximate surface area is 115 Å². The van der Waals surface area contributed by atoms with Crippen molar-refractivity contribution in [2.75, 3.05) is 17.7 Å². The molecule has 0 spiro atoms. The van der Waals surface area contributed by atoms with Crippen molar-refractivity contribution in [3.05, 3.63) is 12.1 Å². The van der Waals surface area contributed by atoms with Crippen molar-refractivity contribution in [2.24, 2.45) is 5.92 Å². The maximum Gasteiger partial charge on any atom is 0.316 e. The molecule has 1 heterocycles. The van der Waals surface area contributed by atoms with Gasteiger partial charge in [0.05, 0.1) is 12.4 Å². The highest BCUT2D eigenvalue weighted by molar-refractivity contribution is 7.99. The largest absolute Gasteiger partial charge is 0.465 e. The number of hydrogen-bond acceptors (Lipinski definition) is 6. The molecular weight excluding hydrogens is 266 g/mol. The molecule has 0 aliphatic heterocycles. The van der Waals surface area contributed by atoms with Crippen LogP contribution in [0, 0.1) is 5.92 Å². The standard InChI is InChI=1S/C12H15N3O3S/c1-2-18-11(16)7-19-10-6-5-9(14-15-10)13-12(17)8-3-4-8/h5-6,8H,2-4,7H2,1H3,(H,13,14,17). The lowest BCUT2D eigenvalue weighted by molar-refractivity contribution is -0.139. The zero-order valence-corrected chi connectivity index (χ0v) is 11.4. The Morgan fingerprint density at radius 3 is 2.79 bits per heavy atom. The Morgan fingerprint density at radius 2 is 2.21 bits per heavy atom. The van der Waals surface area contributed by atoms with Crippen LogP contribution in [0.4, 0.5) is 5.82 Å². The minimum atomic E-state index is -0.277. The molecule has 1 amide bonds. The number of esters is 1. The second-order valence-corrected chi connectivity index (χ2v) is 5.11. The van der Waals surface area contributed by atoms with Crippen LogP contribution in [0.15, 0.2) is 17.2 Å².